The predicted molar refractivity (Wildman–Crippen MR) is 72.3 cm³/mol. The third-order valence-corrected chi connectivity index (χ3v) is 3.96. The molecule has 1 aliphatic carbocycles. The van der Waals surface area contributed by atoms with Gasteiger partial charge in [-0.25, -0.2) is 4.68 Å². The zero-order valence-corrected chi connectivity index (χ0v) is 11.6. The number of hydrogen-bond acceptors (Lipinski definition) is 4. The van der Waals surface area contributed by atoms with Crippen molar-refractivity contribution in [2.75, 3.05) is 0 Å². The molecule has 1 saturated carbocycles. The number of aliphatic carboxylic acids is 1. The Hall–Kier alpha value is -1.95. The Balaban J connectivity index is 1.96. The summed E-state index contributed by atoms with van der Waals surface area (Å²) in [6, 6.07) is 5.45. The van der Waals surface area contributed by atoms with Crippen LogP contribution in [0.3, 0.4) is 0 Å². The Bertz CT molecular complexity index is 679. The molecule has 1 aromatic heterocycles. The van der Waals surface area contributed by atoms with Crippen LogP contribution in [0.4, 0.5) is 0 Å². The molecular weight excluding hydrogens is 280 g/mol. The minimum absolute atomic E-state index is 0.298. The smallest absolute Gasteiger partial charge is 0.311 e. The van der Waals surface area contributed by atoms with Gasteiger partial charge in [0.25, 0.3) is 0 Å². The maximum absolute atomic E-state index is 11.3. The van der Waals surface area contributed by atoms with Crippen molar-refractivity contribution in [3.05, 3.63) is 28.8 Å². The fourth-order valence-electron chi connectivity index (χ4n) is 2.26. The minimum Gasteiger partial charge on any atom is -0.481 e. The second-order valence-corrected chi connectivity index (χ2v) is 5.64. The van der Waals surface area contributed by atoms with Gasteiger partial charge in [0, 0.05) is 10.6 Å². The summed E-state index contributed by atoms with van der Waals surface area (Å²) in [5.74, 6) is -0.210. The molecule has 3 rings (SSSR count). The van der Waals surface area contributed by atoms with Crippen molar-refractivity contribution < 1.29 is 9.90 Å². The second kappa shape index (κ2) is 4.56. The molecule has 0 radical (unpaired) electrons. The molecule has 0 amide bonds. The lowest BCUT2D eigenvalue weighted by Gasteiger charge is -2.11. The van der Waals surface area contributed by atoms with Crippen LogP contribution in [0.5, 0.6) is 0 Å². The largest absolute Gasteiger partial charge is 0.481 e. The summed E-state index contributed by atoms with van der Waals surface area (Å²) in [4.78, 5) is 11.3. The van der Waals surface area contributed by atoms with Crippen LogP contribution in [0.1, 0.15) is 18.4 Å². The summed E-state index contributed by atoms with van der Waals surface area (Å²) in [6.07, 6.45) is 1.34. The average Bonchev–Trinajstić information content (AvgIpc) is 3.03. The van der Waals surface area contributed by atoms with E-state index in [0.717, 1.165) is 11.1 Å². The van der Waals surface area contributed by atoms with Crippen LogP contribution in [-0.2, 0) is 11.3 Å². The Morgan fingerprint density at radius 1 is 1.50 bits per heavy atom. The molecule has 20 heavy (non-hydrogen) atoms. The van der Waals surface area contributed by atoms with E-state index in [2.05, 4.69) is 15.5 Å². The molecule has 6 nitrogen and oxygen atoms in total. The van der Waals surface area contributed by atoms with Crippen molar-refractivity contribution in [1.82, 2.24) is 20.2 Å². The first-order valence-corrected chi connectivity index (χ1v) is 6.66. The molecule has 0 atom stereocenters. The summed E-state index contributed by atoms with van der Waals surface area (Å²) in [5.41, 5.74) is 1.11. The van der Waals surface area contributed by atoms with Gasteiger partial charge in [-0.15, -0.1) is 5.10 Å². The molecule has 0 unspecified atom stereocenters. The van der Waals surface area contributed by atoms with Gasteiger partial charge < -0.3 is 5.11 Å². The molecule has 0 spiro atoms. The van der Waals surface area contributed by atoms with Crippen molar-refractivity contribution in [2.24, 2.45) is 5.41 Å². The summed E-state index contributed by atoms with van der Waals surface area (Å²) in [6.45, 7) is 2.22. The lowest BCUT2D eigenvalue weighted by molar-refractivity contribution is -0.144. The van der Waals surface area contributed by atoms with Crippen molar-refractivity contribution in [2.45, 2.75) is 26.3 Å². The third kappa shape index (κ3) is 2.16. The first kappa shape index (κ1) is 13.1. The molecule has 2 aromatic rings. The van der Waals surface area contributed by atoms with Gasteiger partial charge in [-0.1, -0.05) is 11.6 Å². The second-order valence-electron chi connectivity index (χ2n) is 5.20. The van der Waals surface area contributed by atoms with E-state index in [9.17, 15) is 9.90 Å². The van der Waals surface area contributed by atoms with E-state index in [0.29, 0.717) is 30.2 Å². The Kier molecular flexibility index (Phi) is 2.97. The van der Waals surface area contributed by atoms with E-state index < -0.39 is 11.4 Å². The van der Waals surface area contributed by atoms with E-state index in [1.807, 2.05) is 19.1 Å². The molecule has 7 heteroatoms. The number of tetrazole rings is 1. The molecule has 104 valence electrons. The number of halogens is 1. The van der Waals surface area contributed by atoms with Crippen molar-refractivity contribution in [3.8, 4) is 11.4 Å². The predicted octanol–water partition coefficient (Wildman–Crippen LogP) is 2.17. The van der Waals surface area contributed by atoms with Crippen LogP contribution in [0.2, 0.25) is 5.02 Å². The molecular formula is C13H13ClN4O2. The van der Waals surface area contributed by atoms with Crippen LogP contribution in [0, 0.1) is 12.3 Å². The van der Waals surface area contributed by atoms with Gasteiger partial charge in [-0.3, -0.25) is 4.79 Å². The number of aromatic nitrogens is 4. The van der Waals surface area contributed by atoms with Crippen LogP contribution in [0.25, 0.3) is 11.4 Å². The van der Waals surface area contributed by atoms with Crippen LogP contribution < -0.4 is 0 Å². The van der Waals surface area contributed by atoms with Crippen LogP contribution in [-0.4, -0.2) is 31.3 Å². The van der Waals surface area contributed by atoms with Crippen molar-refractivity contribution >= 4 is 17.6 Å². The first-order valence-electron chi connectivity index (χ1n) is 6.28. The number of benzene rings is 1. The number of hydrogen-bond donors (Lipinski definition) is 1. The minimum atomic E-state index is -0.785. The molecule has 0 bridgehead atoms. The maximum Gasteiger partial charge on any atom is 0.311 e. The standard InChI is InChI=1S/C13H13ClN4O2/c1-8-6-9(14)2-3-10(8)11-15-16-17-18(11)7-13(4-5-13)12(19)20/h2-3,6H,4-5,7H2,1H3,(H,19,20). The number of rotatable bonds is 4. The zero-order valence-electron chi connectivity index (χ0n) is 10.9. The molecule has 1 aromatic carbocycles. The van der Waals surface area contributed by atoms with Gasteiger partial charge in [0.1, 0.15) is 0 Å². The fourth-order valence-corrected chi connectivity index (χ4v) is 2.49. The number of carbonyl (C=O) groups is 1. The highest BCUT2D eigenvalue weighted by Crippen LogP contribution is 2.47. The number of carboxylic acid groups (broad SMARTS) is 1. The molecule has 1 heterocycles. The lowest BCUT2D eigenvalue weighted by atomic mass is 10.1. The Morgan fingerprint density at radius 2 is 2.25 bits per heavy atom. The van der Waals surface area contributed by atoms with E-state index in [-0.39, 0.29) is 0 Å². The monoisotopic (exact) mass is 292 g/mol. The van der Waals surface area contributed by atoms with Gasteiger partial charge >= 0.3 is 5.97 Å². The topological polar surface area (TPSA) is 80.9 Å². The highest BCUT2D eigenvalue weighted by Gasteiger charge is 2.51. The van der Waals surface area contributed by atoms with Gasteiger partial charge in [-0.05, 0) is 54.0 Å². The molecule has 1 aliphatic rings. The van der Waals surface area contributed by atoms with Crippen molar-refractivity contribution in [3.63, 3.8) is 0 Å². The van der Waals surface area contributed by atoms with Gasteiger partial charge in [0.2, 0.25) is 0 Å². The number of nitrogens with zero attached hydrogens (tertiary/aromatic N) is 4. The normalized spacial score (nSPS) is 16.1. The van der Waals surface area contributed by atoms with E-state index in [4.69, 9.17) is 11.6 Å². The van der Waals surface area contributed by atoms with Crippen LogP contribution in [0.15, 0.2) is 18.2 Å². The SMILES string of the molecule is Cc1cc(Cl)ccc1-c1nnnn1CC1(C(=O)O)CC1. The van der Waals surface area contributed by atoms with Gasteiger partial charge in [0.15, 0.2) is 5.82 Å². The quantitative estimate of drug-likeness (QED) is 0.934. The van der Waals surface area contributed by atoms with E-state index >= 15 is 0 Å². The third-order valence-electron chi connectivity index (χ3n) is 3.72. The highest BCUT2D eigenvalue weighted by atomic mass is 35.5. The zero-order chi connectivity index (χ0) is 14.3. The maximum atomic E-state index is 11.3. The highest BCUT2D eigenvalue weighted by molar-refractivity contribution is 6.30. The lowest BCUT2D eigenvalue weighted by Crippen LogP contribution is -2.22. The van der Waals surface area contributed by atoms with Crippen molar-refractivity contribution in [1.29, 1.82) is 0 Å². The molecule has 0 saturated heterocycles. The average molecular weight is 293 g/mol. The van der Waals surface area contributed by atoms with Gasteiger partial charge in [0.05, 0.1) is 12.0 Å². The van der Waals surface area contributed by atoms with E-state index in [1.165, 1.54) is 0 Å². The Morgan fingerprint density at radius 3 is 2.85 bits per heavy atom. The molecule has 1 fully saturated rings. The summed E-state index contributed by atoms with van der Waals surface area (Å²) in [5, 5.41) is 21.5. The van der Waals surface area contributed by atoms with E-state index in [1.54, 1.807) is 10.7 Å². The van der Waals surface area contributed by atoms with Gasteiger partial charge in [-0.2, -0.15) is 0 Å². The first-order chi connectivity index (χ1) is 9.52. The molecule has 1 N–H and O–H groups in total. The summed E-state index contributed by atoms with van der Waals surface area (Å²) in [7, 11) is 0. The summed E-state index contributed by atoms with van der Waals surface area (Å²) < 4.78 is 1.57. The van der Waals surface area contributed by atoms with Crippen LogP contribution >= 0.6 is 11.6 Å². The fraction of sp³-hybridized carbons (Fsp3) is 0.385. The Labute approximate surface area is 120 Å². The number of carboxylic acids is 1. The summed E-state index contributed by atoms with van der Waals surface area (Å²) >= 11 is 5.94. The molecule has 0 aliphatic heterocycles. The number of aryl methyl sites for hydroxylation is 1.